The molecule has 0 saturated carbocycles. The molecule has 0 aliphatic rings. The Morgan fingerprint density at radius 1 is 1.21 bits per heavy atom. The Bertz CT molecular complexity index is 558. The van der Waals surface area contributed by atoms with Crippen LogP contribution in [0.15, 0.2) is 36.8 Å². The van der Waals surface area contributed by atoms with Gasteiger partial charge in [0.2, 0.25) is 0 Å². The molecule has 0 spiro atoms. The highest BCUT2D eigenvalue weighted by Gasteiger charge is 2.30. The highest BCUT2D eigenvalue weighted by Crippen LogP contribution is 2.33. The first-order valence-corrected chi connectivity index (χ1v) is 5.70. The lowest BCUT2D eigenvalue weighted by Crippen LogP contribution is -2.07. The summed E-state index contributed by atoms with van der Waals surface area (Å²) < 4.78 is 37.7. The minimum Gasteiger partial charge on any atom is -0.378 e. The molecule has 3 nitrogen and oxygen atoms in total. The minimum atomic E-state index is -4.40. The summed E-state index contributed by atoms with van der Waals surface area (Å²) in [5.74, 6) is 0. The van der Waals surface area contributed by atoms with Crippen molar-refractivity contribution in [2.45, 2.75) is 12.7 Å². The Morgan fingerprint density at radius 3 is 2.63 bits per heavy atom. The monoisotopic (exact) mass is 287 g/mol. The third kappa shape index (κ3) is 3.57. The maximum atomic E-state index is 12.6. The van der Waals surface area contributed by atoms with Crippen molar-refractivity contribution in [1.29, 1.82) is 0 Å². The topological polar surface area (TPSA) is 37.8 Å². The summed E-state index contributed by atoms with van der Waals surface area (Å²) in [6, 6.07) is 3.12. The molecule has 0 unspecified atom stereocenters. The molecule has 0 radical (unpaired) electrons. The van der Waals surface area contributed by atoms with Crippen LogP contribution in [0.5, 0.6) is 0 Å². The molecule has 7 heteroatoms. The van der Waals surface area contributed by atoms with Crippen LogP contribution in [-0.2, 0) is 12.7 Å². The predicted octanol–water partition coefficient (Wildman–Crippen LogP) is 3.76. The maximum Gasteiger partial charge on any atom is 0.416 e. The van der Waals surface area contributed by atoms with E-state index in [0.717, 1.165) is 12.1 Å². The summed E-state index contributed by atoms with van der Waals surface area (Å²) in [4.78, 5) is 7.87. The second-order valence-electron chi connectivity index (χ2n) is 3.74. The van der Waals surface area contributed by atoms with E-state index in [-0.39, 0.29) is 17.3 Å². The highest BCUT2D eigenvalue weighted by molar-refractivity contribution is 6.33. The molecule has 1 aromatic carbocycles. The van der Waals surface area contributed by atoms with E-state index in [9.17, 15) is 13.2 Å². The second-order valence-corrected chi connectivity index (χ2v) is 4.15. The zero-order valence-electron chi connectivity index (χ0n) is 9.58. The fraction of sp³-hybridized carbons (Fsp3) is 0.167. The molecule has 2 rings (SSSR count). The van der Waals surface area contributed by atoms with Crippen molar-refractivity contribution in [1.82, 2.24) is 9.97 Å². The molecule has 1 aromatic heterocycles. The molecule has 19 heavy (non-hydrogen) atoms. The van der Waals surface area contributed by atoms with Crippen molar-refractivity contribution in [2.24, 2.45) is 0 Å². The number of rotatable bonds is 3. The van der Waals surface area contributed by atoms with Gasteiger partial charge in [-0.25, -0.2) is 0 Å². The molecule has 0 fully saturated rings. The molecule has 2 aromatic rings. The smallest absolute Gasteiger partial charge is 0.378 e. The lowest BCUT2D eigenvalue weighted by Gasteiger charge is -2.12. The molecule has 0 amide bonds. The Balaban J connectivity index is 2.16. The average Bonchev–Trinajstić information content (AvgIpc) is 2.37. The van der Waals surface area contributed by atoms with Crippen molar-refractivity contribution >= 4 is 17.3 Å². The van der Waals surface area contributed by atoms with Crippen molar-refractivity contribution in [3.05, 3.63) is 53.1 Å². The van der Waals surface area contributed by atoms with Crippen LogP contribution in [0.1, 0.15) is 11.3 Å². The molecule has 0 saturated heterocycles. The van der Waals surface area contributed by atoms with Crippen LogP contribution in [0, 0.1) is 0 Å². The van der Waals surface area contributed by atoms with E-state index in [1.165, 1.54) is 24.7 Å². The van der Waals surface area contributed by atoms with Gasteiger partial charge in [-0.1, -0.05) is 11.6 Å². The number of benzene rings is 1. The zero-order valence-corrected chi connectivity index (χ0v) is 10.3. The molecule has 100 valence electrons. The number of alkyl halides is 3. The fourth-order valence-electron chi connectivity index (χ4n) is 1.44. The van der Waals surface area contributed by atoms with Crippen LogP contribution >= 0.6 is 11.6 Å². The van der Waals surface area contributed by atoms with E-state index in [4.69, 9.17) is 11.6 Å². The summed E-state index contributed by atoms with van der Waals surface area (Å²) in [6.07, 6.45) is 0.146. The van der Waals surface area contributed by atoms with Gasteiger partial charge in [0.05, 0.1) is 34.7 Å². The van der Waals surface area contributed by atoms with E-state index in [1.54, 1.807) is 0 Å². The summed E-state index contributed by atoms with van der Waals surface area (Å²) in [7, 11) is 0. The van der Waals surface area contributed by atoms with Gasteiger partial charge < -0.3 is 5.32 Å². The van der Waals surface area contributed by atoms with Gasteiger partial charge in [-0.05, 0) is 18.2 Å². The zero-order chi connectivity index (χ0) is 13.9. The first kappa shape index (κ1) is 13.6. The van der Waals surface area contributed by atoms with Crippen molar-refractivity contribution in [3.8, 4) is 0 Å². The Morgan fingerprint density at radius 2 is 2.00 bits per heavy atom. The molecule has 1 heterocycles. The largest absolute Gasteiger partial charge is 0.416 e. The van der Waals surface area contributed by atoms with Gasteiger partial charge in [-0.3, -0.25) is 9.97 Å². The number of nitrogens with one attached hydrogen (secondary N) is 1. The van der Waals surface area contributed by atoms with Crippen LogP contribution in [-0.4, -0.2) is 9.97 Å². The normalized spacial score (nSPS) is 11.4. The number of aromatic nitrogens is 2. The average molecular weight is 288 g/mol. The van der Waals surface area contributed by atoms with E-state index in [2.05, 4.69) is 15.3 Å². The first-order chi connectivity index (χ1) is 8.97. The maximum absolute atomic E-state index is 12.6. The summed E-state index contributed by atoms with van der Waals surface area (Å²) in [5, 5.41) is 3.03. The highest BCUT2D eigenvalue weighted by atomic mass is 35.5. The van der Waals surface area contributed by atoms with Gasteiger partial charge in [0.15, 0.2) is 0 Å². The number of nitrogens with zero attached hydrogens (tertiary/aromatic N) is 2. The van der Waals surface area contributed by atoms with Crippen molar-refractivity contribution < 1.29 is 13.2 Å². The van der Waals surface area contributed by atoms with E-state index >= 15 is 0 Å². The standard InChI is InChI=1S/C12H9ClF3N3/c13-10-2-1-8(12(14,15)16)5-11(10)19-7-9-6-17-3-4-18-9/h1-6,19H,7H2. The molecule has 0 aliphatic carbocycles. The number of hydrogen-bond acceptors (Lipinski definition) is 3. The van der Waals surface area contributed by atoms with E-state index in [1.807, 2.05) is 0 Å². The van der Waals surface area contributed by atoms with Crippen LogP contribution in [0.2, 0.25) is 5.02 Å². The van der Waals surface area contributed by atoms with E-state index in [0.29, 0.717) is 5.69 Å². The lowest BCUT2D eigenvalue weighted by molar-refractivity contribution is -0.137. The second kappa shape index (κ2) is 5.44. The lowest BCUT2D eigenvalue weighted by atomic mass is 10.2. The fourth-order valence-corrected chi connectivity index (χ4v) is 1.63. The Hall–Kier alpha value is -1.82. The quantitative estimate of drug-likeness (QED) is 0.934. The Kier molecular flexibility index (Phi) is 3.90. The van der Waals surface area contributed by atoms with Gasteiger partial charge in [-0.2, -0.15) is 13.2 Å². The molecule has 0 aliphatic heterocycles. The van der Waals surface area contributed by atoms with Crippen LogP contribution < -0.4 is 5.32 Å². The number of hydrogen-bond donors (Lipinski definition) is 1. The third-order valence-electron chi connectivity index (χ3n) is 2.37. The molecule has 0 bridgehead atoms. The van der Waals surface area contributed by atoms with Gasteiger partial charge in [0.25, 0.3) is 0 Å². The van der Waals surface area contributed by atoms with E-state index < -0.39 is 11.7 Å². The van der Waals surface area contributed by atoms with Crippen molar-refractivity contribution in [3.63, 3.8) is 0 Å². The van der Waals surface area contributed by atoms with Gasteiger partial charge in [0.1, 0.15) is 0 Å². The summed E-state index contributed by atoms with van der Waals surface area (Å²) in [5.41, 5.74) is 0.0664. The molecule has 0 atom stereocenters. The van der Waals surface area contributed by atoms with Gasteiger partial charge in [0, 0.05) is 12.4 Å². The molecule has 1 N–H and O–H groups in total. The SMILES string of the molecule is FC(F)(F)c1ccc(Cl)c(NCc2cnccn2)c1. The minimum absolute atomic E-state index is 0.210. The van der Waals surface area contributed by atoms with Crippen LogP contribution in [0.3, 0.4) is 0 Å². The van der Waals surface area contributed by atoms with Gasteiger partial charge >= 0.3 is 6.18 Å². The summed E-state index contributed by atoms with van der Waals surface area (Å²) >= 11 is 5.85. The molecular weight excluding hydrogens is 279 g/mol. The summed E-state index contributed by atoms with van der Waals surface area (Å²) in [6.45, 7) is 0.245. The first-order valence-electron chi connectivity index (χ1n) is 5.32. The number of anilines is 1. The van der Waals surface area contributed by atoms with Gasteiger partial charge in [-0.15, -0.1) is 0 Å². The predicted molar refractivity (Wildman–Crippen MR) is 65.8 cm³/mol. The van der Waals surface area contributed by atoms with Crippen molar-refractivity contribution in [2.75, 3.05) is 5.32 Å². The Labute approximate surface area is 112 Å². The number of halogens is 4. The third-order valence-corrected chi connectivity index (χ3v) is 2.70. The molecular formula is C12H9ClF3N3. The van der Waals surface area contributed by atoms with Crippen LogP contribution in [0.4, 0.5) is 18.9 Å². The van der Waals surface area contributed by atoms with Crippen LogP contribution in [0.25, 0.3) is 0 Å².